The smallest absolute Gasteiger partial charge is 0.248 e. The Kier molecular flexibility index (Phi) is 3.42. The van der Waals surface area contributed by atoms with Crippen LogP contribution in [0.15, 0.2) is 73.3 Å². The fourth-order valence-corrected chi connectivity index (χ4v) is 4.23. The van der Waals surface area contributed by atoms with Gasteiger partial charge in [0.2, 0.25) is 11.8 Å². The molecule has 1 aliphatic carbocycles. The predicted molar refractivity (Wildman–Crippen MR) is 92.7 cm³/mol. The SMILES string of the molecule is C=CCN1C(=O)[C@H]2C(=O)C(c3ccccc3)(C1=O)C2c1ccccc1. The Balaban J connectivity index is 1.94. The first-order valence-corrected chi connectivity index (χ1v) is 8.25. The lowest BCUT2D eigenvalue weighted by atomic mass is 9.45. The number of amides is 2. The van der Waals surface area contributed by atoms with Crippen LogP contribution < -0.4 is 0 Å². The number of piperidine rings is 2. The molecule has 2 bridgehead atoms. The minimum Gasteiger partial charge on any atom is -0.297 e. The first-order valence-electron chi connectivity index (χ1n) is 8.25. The summed E-state index contributed by atoms with van der Waals surface area (Å²) in [4.78, 5) is 40.3. The van der Waals surface area contributed by atoms with Crippen LogP contribution in [0.1, 0.15) is 17.0 Å². The lowest BCUT2D eigenvalue weighted by molar-refractivity contribution is -0.176. The number of Topliss-reactive ketones (excluding diaryl/α,β-unsaturated/α-hetero) is 1. The van der Waals surface area contributed by atoms with E-state index in [1.807, 2.05) is 48.5 Å². The fourth-order valence-electron chi connectivity index (χ4n) is 4.23. The number of hydrogen-bond acceptors (Lipinski definition) is 3. The van der Waals surface area contributed by atoms with E-state index in [-0.39, 0.29) is 12.3 Å². The number of carbonyl (C=O) groups excluding carboxylic acids is 3. The molecule has 2 saturated heterocycles. The summed E-state index contributed by atoms with van der Waals surface area (Å²) in [6.07, 6.45) is 1.52. The Morgan fingerprint density at radius 1 is 0.960 bits per heavy atom. The van der Waals surface area contributed by atoms with Gasteiger partial charge in [-0.3, -0.25) is 19.3 Å². The topological polar surface area (TPSA) is 54.5 Å². The normalized spacial score (nSPS) is 27.8. The van der Waals surface area contributed by atoms with Crippen LogP contribution in [0.5, 0.6) is 0 Å². The summed E-state index contributed by atoms with van der Waals surface area (Å²) in [6, 6.07) is 18.4. The molecule has 0 radical (unpaired) electrons. The molecule has 1 saturated carbocycles. The third-order valence-corrected chi connectivity index (χ3v) is 5.29. The lowest BCUT2D eigenvalue weighted by Gasteiger charge is -2.57. The molecule has 5 rings (SSSR count). The van der Waals surface area contributed by atoms with Crippen LogP contribution in [-0.2, 0) is 19.8 Å². The van der Waals surface area contributed by atoms with Gasteiger partial charge in [0.15, 0.2) is 5.78 Å². The predicted octanol–water partition coefficient (Wildman–Crippen LogP) is 2.46. The van der Waals surface area contributed by atoms with Crippen molar-refractivity contribution in [3.05, 3.63) is 84.4 Å². The molecule has 3 fully saturated rings. The van der Waals surface area contributed by atoms with Crippen molar-refractivity contribution in [2.75, 3.05) is 6.54 Å². The van der Waals surface area contributed by atoms with Gasteiger partial charge in [0, 0.05) is 12.5 Å². The van der Waals surface area contributed by atoms with Gasteiger partial charge in [-0.2, -0.15) is 0 Å². The molecular formula is C21H17NO3. The van der Waals surface area contributed by atoms with Gasteiger partial charge in [0.25, 0.3) is 0 Å². The zero-order chi connectivity index (χ0) is 17.6. The molecule has 2 amide bonds. The van der Waals surface area contributed by atoms with E-state index >= 15 is 0 Å². The Hall–Kier alpha value is -3.01. The minimum atomic E-state index is -1.32. The van der Waals surface area contributed by atoms with Gasteiger partial charge in [0.1, 0.15) is 11.3 Å². The number of imide groups is 1. The largest absolute Gasteiger partial charge is 0.297 e. The minimum absolute atomic E-state index is 0.123. The van der Waals surface area contributed by atoms with Gasteiger partial charge in [-0.25, -0.2) is 0 Å². The van der Waals surface area contributed by atoms with Crippen molar-refractivity contribution in [1.82, 2.24) is 4.90 Å². The molecule has 0 N–H and O–H groups in total. The monoisotopic (exact) mass is 331 g/mol. The molecule has 2 aromatic carbocycles. The highest BCUT2D eigenvalue weighted by Gasteiger charge is 2.75. The van der Waals surface area contributed by atoms with E-state index in [9.17, 15) is 14.4 Å². The van der Waals surface area contributed by atoms with Crippen LogP contribution in [0.25, 0.3) is 0 Å². The van der Waals surface area contributed by atoms with Gasteiger partial charge < -0.3 is 0 Å². The van der Waals surface area contributed by atoms with E-state index in [0.717, 1.165) is 5.56 Å². The summed E-state index contributed by atoms with van der Waals surface area (Å²) in [7, 11) is 0. The molecule has 2 aliphatic heterocycles. The summed E-state index contributed by atoms with van der Waals surface area (Å²) in [6.45, 7) is 3.75. The standard InChI is InChI=1S/C21H17NO3/c1-2-13-22-19(24)16-17(14-9-5-3-6-10-14)21(18(16)23,20(22)25)15-11-7-4-8-12-15/h2-12,16-17H,1,13H2/t16-,17?,21?/m1/s1. The molecule has 2 unspecified atom stereocenters. The molecular weight excluding hydrogens is 314 g/mol. The van der Waals surface area contributed by atoms with Crippen molar-refractivity contribution >= 4 is 17.6 Å². The number of carbonyl (C=O) groups is 3. The van der Waals surface area contributed by atoms with E-state index in [0.29, 0.717) is 5.56 Å². The van der Waals surface area contributed by atoms with E-state index < -0.39 is 29.1 Å². The van der Waals surface area contributed by atoms with Crippen molar-refractivity contribution in [1.29, 1.82) is 0 Å². The van der Waals surface area contributed by atoms with Gasteiger partial charge in [-0.15, -0.1) is 6.58 Å². The summed E-state index contributed by atoms with van der Waals surface area (Å²) in [5.41, 5.74) is 0.178. The Morgan fingerprint density at radius 2 is 1.56 bits per heavy atom. The molecule has 0 spiro atoms. The van der Waals surface area contributed by atoms with Gasteiger partial charge in [0.05, 0.1) is 0 Å². The van der Waals surface area contributed by atoms with Gasteiger partial charge in [-0.05, 0) is 11.1 Å². The van der Waals surface area contributed by atoms with E-state index in [1.54, 1.807) is 12.1 Å². The molecule has 2 aromatic rings. The Labute approximate surface area is 145 Å². The molecule has 2 heterocycles. The summed E-state index contributed by atoms with van der Waals surface area (Å²) in [5, 5.41) is 0. The quantitative estimate of drug-likeness (QED) is 0.491. The third kappa shape index (κ3) is 1.85. The van der Waals surface area contributed by atoms with Crippen molar-refractivity contribution in [3.63, 3.8) is 0 Å². The second-order valence-electron chi connectivity index (χ2n) is 6.45. The molecule has 25 heavy (non-hydrogen) atoms. The van der Waals surface area contributed by atoms with Gasteiger partial charge >= 0.3 is 0 Å². The fraction of sp³-hybridized carbons (Fsp3) is 0.190. The zero-order valence-electron chi connectivity index (χ0n) is 13.6. The highest BCUT2D eigenvalue weighted by atomic mass is 16.2. The highest BCUT2D eigenvalue weighted by molar-refractivity contribution is 6.32. The summed E-state index contributed by atoms with van der Waals surface area (Å²) in [5.74, 6) is -2.40. The number of ketones is 1. The van der Waals surface area contributed by atoms with Crippen LogP contribution in [0.4, 0.5) is 0 Å². The molecule has 3 atom stereocenters. The van der Waals surface area contributed by atoms with Crippen LogP contribution in [0.2, 0.25) is 0 Å². The maximum atomic E-state index is 13.3. The average molecular weight is 331 g/mol. The lowest BCUT2D eigenvalue weighted by Crippen LogP contribution is -2.76. The summed E-state index contributed by atoms with van der Waals surface area (Å²) >= 11 is 0. The highest BCUT2D eigenvalue weighted by Crippen LogP contribution is 2.59. The van der Waals surface area contributed by atoms with E-state index in [2.05, 4.69) is 6.58 Å². The molecule has 0 aromatic heterocycles. The average Bonchev–Trinajstić information content (AvgIpc) is 2.64. The molecule has 124 valence electrons. The number of benzene rings is 2. The Bertz CT molecular complexity index is 875. The van der Waals surface area contributed by atoms with Crippen LogP contribution in [-0.4, -0.2) is 29.0 Å². The number of hydrogen-bond donors (Lipinski definition) is 0. The van der Waals surface area contributed by atoms with Crippen LogP contribution in [0.3, 0.4) is 0 Å². The second kappa shape index (κ2) is 5.52. The van der Waals surface area contributed by atoms with Crippen molar-refractivity contribution in [2.24, 2.45) is 5.92 Å². The van der Waals surface area contributed by atoms with E-state index in [1.165, 1.54) is 11.0 Å². The third-order valence-electron chi connectivity index (χ3n) is 5.29. The van der Waals surface area contributed by atoms with Crippen molar-refractivity contribution < 1.29 is 14.4 Å². The maximum Gasteiger partial charge on any atom is 0.248 e. The Morgan fingerprint density at radius 3 is 2.16 bits per heavy atom. The molecule has 4 heteroatoms. The van der Waals surface area contributed by atoms with Crippen molar-refractivity contribution in [3.8, 4) is 0 Å². The second-order valence-corrected chi connectivity index (χ2v) is 6.45. The first kappa shape index (κ1) is 15.5. The van der Waals surface area contributed by atoms with E-state index in [4.69, 9.17) is 0 Å². The number of fused-ring (bicyclic) bond motifs is 2. The molecule has 3 aliphatic rings. The van der Waals surface area contributed by atoms with Crippen molar-refractivity contribution in [2.45, 2.75) is 11.3 Å². The maximum absolute atomic E-state index is 13.3. The first-order chi connectivity index (χ1) is 12.1. The summed E-state index contributed by atoms with van der Waals surface area (Å²) < 4.78 is 0. The van der Waals surface area contributed by atoms with Crippen LogP contribution >= 0.6 is 0 Å². The number of nitrogens with zero attached hydrogens (tertiary/aromatic N) is 1. The van der Waals surface area contributed by atoms with Gasteiger partial charge in [-0.1, -0.05) is 66.7 Å². The zero-order valence-corrected chi connectivity index (χ0v) is 13.6. The van der Waals surface area contributed by atoms with Crippen LogP contribution in [0, 0.1) is 5.92 Å². The number of rotatable bonds is 4. The molecule has 4 nitrogen and oxygen atoms in total.